The molecule has 2 aromatic heterocycles. The number of nitrogens with zero attached hydrogens (tertiary/aromatic N) is 2. The number of furan rings is 1. The molecule has 2 heterocycles. The summed E-state index contributed by atoms with van der Waals surface area (Å²) in [6.07, 6.45) is 1.66. The van der Waals surface area contributed by atoms with Crippen molar-refractivity contribution in [2.45, 2.75) is 26.4 Å². The largest absolute Gasteiger partial charge is 0.464 e. The molecule has 0 radical (unpaired) electrons. The van der Waals surface area contributed by atoms with E-state index >= 15 is 0 Å². The Bertz CT molecular complexity index is 627. The van der Waals surface area contributed by atoms with Crippen molar-refractivity contribution in [3.05, 3.63) is 47.4 Å². The molecule has 2 aromatic rings. The maximum atomic E-state index is 12.0. The first-order valence-electron chi connectivity index (χ1n) is 6.96. The monoisotopic (exact) mass is 304 g/mol. The number of hydrogen-bond acceptors (Lipinski definition) is 5. The SMILES string of the molecule is COCC(NC(=O)NCc1ccnc(C)n1)c1ccc(C)o1. The second-order valence-electron chi connectivity index (χ2n) is 4.88. The van der Waals surface area contributed by atoms with Gasteiger partial charge in [0.05, 0.1) is 18.8 Å². The quantitative estimate of drug-likeness (QED) is 0.850. The fraction of sp³-hybridized carbons (Fsp3) is 0.400. The third-order valence-electron chi connectivity index (χ3n) is 3.01. The Balaban J connectivity index is 1.91. The van der Waals surface area contributed by atoms with E-state index in [1.807, 2.05) is 19.1 Å². The summed E-state index contributed by atoms with van der Waals surface area (Å²) in [6, 6.07) is 4.78. The van der Waals surface area contributed by atoms with Gasteiger partial charge >= 0.3 is 6.03 Å². The molecule has 2 amide bonds. The molecule has 0 bridgehead atoms. The van der Waals surface area contributed by atoms with Crippen LogP contribution in [0.4, 0.5) is 4.79 Å². The summed E-state index contributed by atoms with van der Waals surface area (Å²) < 4.78 is 10.7. The van der Waals surface area contributed by atoms with Crippen LogP contribution in [-0.2, 0) is 11.3 Å². The third-order valence-corrected chi connectivity index (χ3v) is 3.01. The molecule has 0 spiro atoms. The van der Waals surface area contributed by atoms with Gasteiger partial charge in [-0.2, -0.15) is 0 Å². The van der Waals surface area contributed by atoms with Gasteiger partial charge < -0.3 is 19.8 Å². The molecule has 0 aliphatic carbocycles. The number of carbonyl (C=O) groups excluding carboxylic acids is 1. The van der Waals surface area contributed by atoms with Crippen molar-refractivity contribution in [1.29, 1.82) is 0 Å². The van der Waals surface area contributed by atoms with E-state index in [2.05, 4.69) is 20.6 Å². The minimum atomic E-state index is -0.342. The Morgan fingerprint density at radius 2 is 2.18 bits per heavy atom. The molecule has 2 N–H and O–H groups in total. The fourth-order valence-electron chi connectivity index (χ4n) is 1.99. The van der Waals surface area contributed by atoms with Crippen LogP contribution in [0.3, 0.4) is 0 Å². The molecular weight excluding hydrogens is 284 g/mol. The Labute approximate surface area is 129 Å². The fourth-order valence-corrected chi connectivity index (χ4v) is 1.99. The second kappa shape index (κ2) is 7.56. The zero-order valence-electron chi connectivity index (χ0n) is 12.9. The molecule has 1 unspecified atom stereocenters. The number of carbonyl (C=O) groups is 1. The van der Waals surface area contributed by atoms with E-state index in [0.717, 1.165) is 11.5 Å². The maximum Gasteiger partial charge on any atom is 0.315 e. The van der Waals surface area contributed by atoms with Crippen LogP contribution >= 0.6 is 0 Å². The predicted molar refractivity (Wildman–Crippen MR) is 80.2 cm³/mol. The molecule has 0 fully saturated rings. The Morgan fingerprint density at radius 1 is 1.36 bits per heavy atom. The summed E-state index contributed by atoms with van der Waals surface area (Å²) in [5.74, 6) is 2.12. The van der Waals surface area contributed by atoms with Gasteiger partial charge in [-0.3, -0.25) is 0 Å². The van der Waals surface area contributed by atoms with Crippen LogP contribution in [0.5, 0.6) is 0 Å². The summed E-state index contributed by atoms with van der Waals surface area (Å²) in [6.45, 7) is 4.31. The number of aryl methyl sites for hydroxylation is 2. The minimum Gasteiger partial charge on any atom is -0.464 e. The molecule has 0 aliphatic rings. The molecular formula is C15H20N4O3. The maximum absolute atomic E-state index is 12.0. The summed E-state index contributed by atoms with van der Waals surface area (Å²) >= 11 is 0. The van der Waals surface area contributed by atoms with E-state index in [1.165, 1.54) is 0 Å². The van der Waals surface area contributed by atoms with Crippen LogP contribution in [0.15, 0.2) is 28.8 Å². The molecule has 7 nitrogen and oxygen atoms in total. The predicted octanol–water partition coefficient (Wildman–Crippen LogP) is 1.87. The van der Waals surface area contributed by atoms with Crippen molar-refractivity contribution in [2.75, 3.05) is 13.7 Å². The van der Waals surface area contributed by atoms with Crippen molar-refractivity contribution >= 4 is 6.03 Å². The van der Waals surface area contributed by atoms with Crippen LogP contribution in [0.1, 0.15) is 29.1 Å². The lowest BCUT2D eigenvalue weighted by Crippen LogP contribution is -2.39. The van der Waals surface area contributed by atoms with Gasteiger partial charge in [-0.15, -0.1) is 0 Å². The Morgan fingerprint density at radius 3 is 2.82 bits per heavy atom. The zero-order chi connectivity index (χ0) is 15.9. The molecule has 7 heteroatoms. The molecule has 0 aromatic carbocycles. The highest BCUT2D eigenvalue weighted by Gasteiger charge is 2.17. The van der Waals surface area contributed by atoms with Gasteiger partial charge in [0.2, 0.25) is 0 Å². The Hall–Kier alpha value is -2.41. The number of amides is 2. The average molecular weight is 304 g/mol. The Kier molecular flexibility index (Phi) is 5.48. The standard InChI is InChI=1S/C15H20N4O3/c1-10-4-5-14(22-10)13(9-21-3)19-15(20)17-8-12-6-7-16-11(2)18-12/h4-7,13H,8-9H2,1-3H3,(H2,17,19,20). The summed E-state index contributed by atoms with van der Waals surface area (Å²) in [5, 5.41) is 5.57. The number of hydrogen-bond donors (Lipinski definition) is 2. The van der Waals surface area contributed by atoms with Crippen molar-refractivity contribution in [3.63, 3.8) is 0 Å². The topological polar surface area (TPSA) is 89.3 Å². The lowest BCUT2D eigenvalue weighted by molar-refractivity contribution is 0.156. The smallest absolute Gasteiger partial charge is 0.315 e. The number of aromatic nitrogens is 2. The highest BCUT2D eigenvalue weighted by atomic mass is 16.5. The van der Waals surface area contributed by atoms with Crippen LogP contribution < -0.4 is 10.6 Å². The number of ether oxygens (including phenoxy) is 1. The summed E-state index contributed by atoms with van der Waals surface area (Å²) in [7, 11) is 1.58. The second-order valence-corrected chi connectivity index (χ2v) is 4.88. The third kappa shape index (κ3) is 4.56. The minimum absolute atomic E-state index is 0.313. The molecule has 0 aliphatic heterocycles. The molecule has 0 saturated heterocycles. The van der Waals surface area contributed by atoms with Crippen molar-refractivity contribution < 1.29 is 13.9 Å². The van der Waals surface area contributed by atoms with Gasteiger partial charge in [-0.05, 0) is 32.0 Å². The number of rotatable bonds is 6. The summed E-state index contributed by atoms with van der Waals surface area (Å²) in [5.41, 5.74) is 0.750. The van der Waals surface area contributed by atoms with Gasteiger partial charge in [0, 0.05) is 13.3 Å². The van der Waals surface area contributed by atoms with E-state index in [1.54, 1.807) is 26.3 Å². The first-order valence-corrected chi connectivity index (χ1v) is 6.96. The lowest BCUT2D eigenvalue weighted by Gasteiger charge is -2.16. The van der Waals surface area contributed by atoms with Gasteiger partial charge in [0.15, 0.2) is 0 Å². The van der Waals surface area contributed by atoms with E-state index in [-0.39, 0.29) is 12.1 Å². The van der Waals surface area contributed by atoms with Crippen LogP contribution in [0, 0.1) is 13.8 Å². The first kappa shape index (κ1) is 16.0. The van der Waals surface area contributed by atoms with Crippen molar-refractivity contribution in [3.8, 4) is 0 Å². The van der Waals surface area contributed by atoms with E-state index in [9.17, 15) is 4.79 Å². The zero-order valence-corrected chi connectivity index (χ0v) is 12.9. The van der Waals surface area contributed by atoms with Gasteiger partial charge in [-0.25, -0.2) is 14.8 Å². The van der Waals surface area contributed by atoms with Gasteiger partial charge in [0.1, 0.15) is 23.4 Å². The van der Waals surface area contributed by atoms with E-state index in [0.29, 0.717) is 24.7 Å². The number of urea groups is 1. The molecule has 0 saturated carbocycles. The van der Waals surface area contributed by atoms with E-state index in [4.69, 9.17) is 9.15 Å². The molecule has 22 heavy (non-hydrogen) atoms. The average Bonchev–Trinajstić information content (AvgIpc) is 2.91. The first-order chi connectivity index (χ1) is 10.6. The normalized spacial score (nSPS) is 12.0. The van der Waals surface area contributed by atoms with Crippen molar-refractivity contribution in [1.82, 2.24) is 20.6 Å². The highest BCUT2D eigenvalue weighted by molar-refractivity contribution is 5.74. The number of nitrogens with one attached hydrogen (secondary N) is 2. The molecule has 2 rings (SSSR count). The highest BCUT2D eigenvalue weighted by Crippen LogP contribution is 2.16. The van der Waals surface area contributed by atoms with E-state index < -0.39 is 0 Å². The number of methoxy groups -OCH3 is 1. The molecule has 118 valence electrons. The molecule has 1 atom stereocenters. The lowest BCUT2D eigenvalue weighted by atomic mass is 10.2. The van der Waals surface area contributed by atoms with Gasteiger partial charge in [-0.1, -0.05) is 0 Å². The van der Waals surface area contributed by atoms with Crippen LogP contribution in [0.2, 0.25) is 0 Å². The van der Waals surface area contributed by atoms with Gasteiger partial charge in [0.25, 0.3) is 0 Å². The summed E-state index contributed by atoms with van der Waals surface area (Å²) in [4.78, 5) is 20.2. The van der Waals surface area contributed by atoms with Crippen LogP contribution in [0.25, 0.3) is 0 Å². The van der Waals surface area contributed by atoms with Crippen LogP contribution in [-0.4, -0.2) is 29.7 Å². The van der Waals surface area contributed by atoms with Crippen molar-refractivity contribution in [2.24, 2.45) is 0 Å².